The van der Waals surface area contributed by atoms with Gasteiger partial charge < -0.3 is 9.84 Å². The van der Waals surface area contributed by atoms with Crippen molar-refractivity contribution in [1.29, 1.82) is 0 Å². The van der Waals surface area contributed by atoms with E-state index in [0.717, 1.165) is 57.8 Å². The molecule has 4 heteroatoms. The molecule has 0 rings (SSSR count). The molecule has 0 saturated carbocycles. The van der Waals surface area contributed by atoms with Gasteiger partial charge in [0.15, 0.2) is 0 Å². The second-order valence-corrected chi connectivity index (χ2v) is 10.6. The molecule has 0 aromatic heterocycles. The van der Waals surface area contributed by atoms with Crippen LogP contribution in [0.5, 0.6) is 0 Å². The Morgan fingerprint density at radius 1 is 0.622 bits per heavy atom. The Morgan fingerprint density at radius 2 is 1.14 bits per heavy atom. The third-order valence-electron chi connectivity index (χ3n) is 6.91. The lowest BCUT2D eigenvalue weighted by Crippen LogP contribution is -2.16. The number of carbonyl (C=O) groups excluding carboxylic acids is 1. The Morgan fingerprint density at radius 3 is 1.73 bits per heavy atom. The van der Waals surface area contributed by atoms with Crippen LogP contribution in [0.3, 0.4) is 0 Å². The highest BCUT2D eigenvalue weighted by molar-refractivity contribution is 5.69. The number of carbonyl (C=O) groups is 2. The SMILES string of the molecule is CCCCC/C=C\C/C=C\C(CCCCCCC(=O)O)OC(=O)CCCCCCCCCCCCCC. The molecule has 1 unspecified atom stereocenters. The maximum Gasteiger partial charge on any atom is 0.306 e. The van der Waals surface area contributed by atoms with Crippen LogP contribution in [0, 0.1) is 0 Å². The van der Waals surface area contributed by atoms with E-state index in [2.05, 4.69) is 32.1 Å². The van der Waals surface area contributed by atoms with Crippen molar-refractivity contribution in [3.05, 3.63) is 24.3 Å². The summed E-state index contributed by atoms with van der Waals surface area (Å²) in [5, 5.41) is 8.77. The molecule has 216 valence electrons. The van der Waals surface area contributed by atoms with E-state index in [4.69, 9.17) is 9.84 Å². The van der Waals surface area contributed by atoms with Crippen LogP contribution in [0.15, 0.2) is 24.3 Å². The molecule has 0 aromatic carbocycles. The Labute approximate surface area is 229 Å². The van der Waals surface area contributed by atoms with Crippen molar-refractivity contribution < 1.29 is 19.4 Å². The fourth-order valence-electron chi connectivity index (χ4n) is 4.54. The molecule has 1 N–H and O–H groups in total. The Hall–Kier alpha value is -1.58. The lowest BCUT2D eigenvalue weighted by molar-refractivity contribution is -0.147. The average molecular weight is 521 g/mol. The summed E-state index contributed by atoms with van der Waals surface area (Å²) in [6, 6.07) is 0. The lowest BCUT2D eigenvalue weighted by atomic mass is 10.0. The van der Waals surface area contributed by atoms with Crippen LogP contribution in [-0.2, 0) is 14.3 Å². The quantitative estimate of drug-likeness (QED) is 0.0633. The number of hydrogen-bond acceptors (Lipinski definition) is 3. The monoisotopic (exact) mass is 520 g/mol. The topological polar surface area (TPSA) is 63.6 Å². The molecule has 0 spiro atoms. The smallest absolute Gasteiger partial charge is 0.306 e. The summed E-state index contributed by atoms with van der Waals surface area (Å²) >= 11 is 0. The number of allylic oxidation sites excluding steroid dienone is 3. The summed E-state index contributed by atoms with van der Waals surface area (Å²) in [4.78, 5) is 23.1. The molecule has 0 aliphatic rings. The van der Waals surface area contributed by atoms with Crippen molar-refractivity contribution >= 4 is 11.9 Å². The molecule has 37 heavy (non-hydrogen) atoms. The number of carboxylic acids is 1. The van der Waals surface area contributed by atoms with Crippen LogP contribution in [0.4, 0.5) is 0 Å². The third kappa shape index (κ3) is 28.8. The van der Waals surface area contributed by atoms with Crippen molar-refractivity contribution in [3.8, 4) is 0 Å². The van der Waals surface area contributed by atoms with Crippen LogP contribution in [0.1, 0.15) is 168 Å². The number of unbranched alkanes of at least 4 members (excludes halogenated alkanes) is 17. The first-order chi connectivity index (χ1) is 18.1. The van der Waals surface area contributed by atoms with Crippen molar-refractivity contribution in [3.63, 3.8) is 0 Å². The van der Waals surface area contributed by atoms with Gasteiger partial charge in [0.05, 0.1) is 0 Å². The molecular weight excluding hydrogens is 460 g/mol. The number of ether oxygens (including phenoxy) is 1. The van der Waals surface area contributed by atoms with Gasteiger partial charge in [0.1, 0.15) is 6.10 Å². The van der Waals surface area contributed by atoms with Gasteiger partial charge in [-0.25, -0.2) is 0 Å². The normalized spacial score (nSPS) is 12.5. The minimum atomic E-state index is -0.727. The summed E-state index contributed by atoms with van der Waals surface area (Å²) in [6.45, 7) is 4.48. The third-order valence-corrected chi connectivity index (χ3v) is 6.91. The molecule has 4 nitrogen and oxygen atoms in total. The predicted octanol–water partition coefficient (Wildman–Crippen LogP) is 10.5. The zero-order valence-corrected chi connectivity index (χ0v) is 24.5. The second kappa shape index (κ2) is 29.0. The maximum atomic E-state index is 12.4. The lowest BCUT2D eigenvalue weighted by Gasteiger charge is -2.14. The maximum absolute atomic E-state index is 12.4. The molecule has 0 fully saturated rings. The van der Waals surface area contributed by atoms with Crippen LogP contribution < -0.4 is 0 Å². The van der Waals surface area contributed by atoms with Crippen LogP contribution in [-0.4, -0.2) is 23.1 Å². The molecule has 0 aliphatic heterocycles. The molecule has 0 saturated heterocycles. The molecule has 0 aromatic rings. The summed E-state index contributed by atoms with van der Waals surface area (Å²) in [5.41, 5.74) is 0. The Bertz CT molecular complexity index is 567. The summed E-state index contributed by atoms with van der Waals surface area (Å²) in [7, 11) is 0. The van der Waals surface area contributed by atoms with Crippen LogP contribution in [0.25, 0.3) is 0 Å². The van der Waals surface area contributed by atoms with Gasteiger partial charge >= 0.3 is 11.9 Å². The Kier molecular flexibility index (Phi) is 27.7. The highest BCUT2D eigenvalue weighted by Crippen LogP contribution is 2.15. The van der Waals surface area contributed by atoms with Gasteiger partial charge in [-0.2, -0.15) is 0 Å². The molecule has 0 heterocycles. The van der Waals surface area contributed by atoms with Crippen molar-refractivity contribution in [2.75, 3.05) is 0 Å². The van der Waals surface area contributed by atoms with Gasteiger partial charge in [0.2, 0.25) is 0 Å². The summed E-state index contributed by atoms with van der Waals surface area (Å²) < 4.78 is 5.81. The number of hydrogen-bond donors (Lipinski definition) is 1. The van der Waals surface area contributed by atoms with Gasteiger partial charge in [-0.05, 0) is 51.0 Å². The van der Waals surface area contributed by atoms with Gasteiger partial charge in [-0.15, -0.1) is 0 Å². The van der Waals surface area contributed by atoms with E-state index < -0.39 is 5.97 Å². The average Bonchev–Trinajstić information content (AvgIpc) is 2.87. The van der Waals surface area contributed by atoms with E-state index in [1.54, 1.807) is 0 Å². The second-order valence-electron chi connectivity index (χ2n) is 10.6. The van der Waals surface area contributed by atoms with Gasteiger partial charge in [-0.3, -0.25) is 9.59 Å². The fourth-order valence-corrected chi connectivity index (χ4v) is 4.54. The minimum absolute atomic E-state index is 0.0808. The predicted molar refractivity (Wildman–Crippen MR) is 158 cm³/mol. The first-order valence-corrected chi connectivity index (χ1v) is 15.8. The zero-order valence-electron chi connectivity index (χ0n) is 24.5. The highest BCUT2D eigenvalue weighted by atomic mass is 16.5. The molecule has 1 atom stereocenters. The van der Waals surface area contributed by atoms with Crippen LogP contribution >= 0.6 is 0 Å². The number of carboxylic acid groups (broad SMARTS) is 1. The van der Waals surface area contributed by atoms with E-state index in [1.165, 1.54) is 83.5 Å². The molecule has 0 bridgehead atoms. The van der Waals surface area contributed by atoms with E-state index in [0.29, 0.717) is 6.42 Å². The van der Waals surface area contributed by atoms with E-state index in [9.17, 15) is 9.59 Å². The van der Waals surface area contributed by atoms with E-state index in [1.807, 2.05) is 6.08 Å². The molecule has 0 amide bonds. The molecular formula is C33H60O4. The van der Waals surface area contributed by atoms with Crippen molar-refractivity contribution in [2.45, 2.75) is 174 Å². The van der Waals surface area contributed by atoms with Crippen molar-refractivity contribution in [2.24, 2.45) is 0 Å². The van der Waals surface area contributed by atoms with Crippen molar-refractivity contribution in [1.82, 2.24) is 0 Å². The standard InChI is InChI=1S/C33H60O4/c1-3-5-7-9-11-13-14-15-16-18-20-26-30-33(36)37-31(28-24-21-22-25-29-32(34)35)27-23-19-17-12-10-8-6-4-2/h12,17,23,27,31H,3-11,13-16,18-22,24-26,28-30H2,1-2H3,(H,34,35)/b17-12-,27-23-. The van der Waals surface area contributed by atoms with Gasteiger partial charge in [0.25, 0.3) is 0 Å². The molecule has 0 radical (unpaired) electrons. The minimum Gasteiger partial charge on any atom is -0.481 e. The first kappa shape index (κ1) is 35.4. The summed E-state index contributed by atoms with van der Waals surface area (Å²) in [5.74, 6) is -0.807. The highest BCUT2D eigenvalue weighted by Gasteiger charge is 2.11. The van der Waals surface area contributed by atoms with E-state index >= 15 is 0 Å². The van der Waals surface area contributed by atoms with Crippen LogP contribution in [0.2, 0.25) is 0 Å². The zero-order chi connectivity index (χ0) is 27.2. The number of aliphatic carboxylic acids is 1. The fraction of sp³-hybridized carbons (Fsp3) is 0.818. The number of rotatable bonds is 28. The number of esters is 1. The summed E-state index contributed by atoms with van der Waals surface area (Å²) in [6.07, 6.45) is 34.8. The van der Waals surface area contributed by atoms with E-state index in [-0.39, 0.29) is 18.5 Å². The molecule has 0 aliphatic carbocycles. The van der Waals surface area contributed by atoms with Gasteiger partial charge in [-0.1, -0.05) is 128 Å². The Balaban J connectivity index is 4.10. The first-order valence-electron chi connectivity index (χ1n) is 15.8. The largest absolute Gasteiger partial charge is 0.481 e. The van der Waals surface area contributed by atoms with Gasteiger partial charge in [0, 0.05) is 12.8 Å².